The highest BCUT2D eigenvalue weighted by Gasteiger charge is 2.49. The zero-order chi connectivity index (χ0) is 15.9. The third-order valence-electron chi connectivity index (χ3n) is 5.00. The van der Waals surface area contributed by atoms with Crippen LogP contribution in [0.3, 0.4) is 0 Å². The highest BCUT2D eigenvalue weighted by molar-refractivity contribution is 6.31. The Morgan fingerprint density at radius 3 is 2.91 bits per heavy atom. The molecule has 3 rings (SSSR count). The summed E-state index contributed by atoms with van der Waals surface area (Å²) in [5, 5.41) is 9.73. The van der Waals surface area contributed by atoms with Gasteiger partial charge < -0.3 is 10.0 Å². The molecule has 1 aliphatic carbocycles. The Morgan fingerprint density at radius 1 is 1.45 bits per heavy atom. The fraction of sp³-hybridized carbons (Fsp3) is 0.588. The van der Waals surface area contributed by atoms with E-state index in [-0.39, 0.29) is 42.1 Å². The van der Waals surface area contributed by atoms with Crippen LogP contribution in [0, 0.1) is 17.7 Å². The fourth-order valence-corrected chi connectivity index (χ4v) is 3.81. The molecule has 1 aromatic rings. The Labute approximate surface area is 135 Å². The predicted molar refractivity (Wildman–Crippen MR) is 83.2 cm³/mol. The molecule has 2 fully saturated rings. The number of hydrogen-bond acceptors (Lipinski definition) is 2. The number of rotatable bonds is 3. The van der Waals surface area contributed by atoms with E-state index in [0.717, 1.165) is 12.8 Å². The summed E-state index contributed by atoms with van der Waals surface area (Å²) >= 11 is 6.10. The second-order valence-corrected chi connectivity index (χ2v) is 6.96. The van der Waals surface area contributed by atoms with Crippen LogP contribution < -0.4 is 0 Å². The maximum Gasteiger partial charge on any atom is 0.226 e. The number of amides is 1. The summed E-state index contributed by atoms with van der Waals surface area (Å²) in [4.78, 5) is 14.6. The number of piperidine rings is 1. The largest absolute Gasteiger partial charge is 0.396 e. The molecule has 3 nitrogen and oxygen atoms in total. The first kappa shape index (κ1) is 15.8. The lowest BCUT2D eigenvalue weighted by Crippen LogP contribution is -2.47. The van der Waals surface area contributed by atoms with E-state index >= 15 is 0 Å². The lowest BCUT2D eigenvalue weighted by molar-refractivity contribution is -0.137. The molecule has 1 saturated carbocycles. The molecule has 5 heteroatoms. The molecule has 1 heterocycles. The molecule has 1 amide bonds. The van der Waals surface area contributed by atoms with E-state index in [1.807, 2.05) is 11.8 Å². The number of likely N-dealkylation sites (tertiary alicyclic amines) is 1. The topological polar surface area (TPSA) is 40.5 Å². The summed E-state index contributed by atoms with van der Waals surface area (Å²) in [5.74, 6) is -0.366. The Bertz CT molecular complexity index is 560. The van der Waals surface area contributed by atoms with E-state index < -0.39 is 0 Å². The molecule has 2 aliphatic rings. The average molecular weight is 326 g/mol. The minimum atomic E-state index is -0.326. The van der Waals surface area contributed by atoms with Gasteiger partial charge in [-0.25, -0.2) is 4.39 Å². The van der Waals surface area contributed by atoms with E-state index in [9.17, 15) is 14.3 Å². The highest BCUT2D eigenvalue weighted by Crippen LogP contribution is 2.51. The summed E-state index contributed by atoms with van der Waals surface area (Å²) < 4.78 is 14.0. The van der Waals surface area contributed by atoms with Crippen molar-refractivity contribution in [3.05, 3.63) is 34.6 Å². The first-order chi connectivity index (χ1) is 10.5. The first-order valence-electron chi connectivity index (χ1n) is 7.88. The molecule has 120 valence electrons. The van der Waals surface area contributed by atoms with Crippen LogP contribution in [-0.4, -0.2) is 35.1 Å². The lowest BCUT2D eigenvalue weighted by Gasteiger charge is -2.37. The summed E-state index contributed by atoms with van der Waals surface area (Å²) in [6.45, 7) is 2.76. The molecule has 1 aromatic carbocycles. The fourth-order valence-electron chi connectivity index (χ4n) is 3.50. The van der Waals surface area contributed by atoms with Gasteiger partial charge in [0, 0.05) is 41.6 Å². The van der Waals surface area contributed by atoms with Crippen LogP contribution in [0.5, 0.6) is 0 Å². The van der Waals surface area contributed by atoms with E-state index in [4.69, 9.17) is 11.6 Å². The molecule has 4 unspecified atom stereocenters. The third-order valence-corrected chi connectivity index (χ3v) is 5.33. The number of aliphatic hydroxyl groups excluding tert-OH is 1. The van der Waals surface area contributed by atoms with Gasteiger partial charge in [-0.1, -0.05) is 17.7 Å². The Kier molecular flexibility index (Phi) is 4.42. The summed E-state index contributed by atoms with van der Waals surface area (Å²) in [6.07, 6.45) is 2.52. The SMILES string of the molecule is CC1CCC(CO)CN1C(=O)C1CC1c1c(F)cccc1Cl. The van der Waals surface area contributed by atoms with Gasteiger partial charge in [0.1, 0.15) is 5.82 Å². The van der Waals surface area contributed by atoms with Crippen molar-refractivity contribution in [1.29, 1.82) is 0 Å². The minimum Gasteiger partial charge on any atom is -0.396 e. The van der Waals surface area contributed by atoms with E-state index in [1.165, 1.54) is 6.07 Å². The number of nitrogens with zero attached hydrogens (tertiary/aromatic N) is 1. The van der Waals surface area contributed by atoms with Gasteiger partial charge in [0.2, 0.25) is 5.91 Å². The molecule has 0 spiro atoms. The molecule has 1 aliphatic heterocycles. The number of carbonyl (C=O) groups excluding carboxylic acids is 1. The predicted octanol–water partition coefficient (Wildman–Crippen LogP) is 3.20. The standard InChI is InChI=1S/C17H21ClFNO2/c1-10-5-6-11(9-21)8-20(10)17(22)13-7-12(13)16-14(18)3-2-4-15(16)19/h2-4,10-13,21H,5-9H2,1H3. The van der Waals surface area contributed by atoms with Crippen LogP contribution in [-0.2, 0) is 4.79 Å². The molecule has 1 saturated heterocycles. The summed E-state index contributed by atoms with van der Waals surface area (Å²) in [5.41, 5.74) is 0.478. The second kappa shape index (κ2) is 6.17. The quantitative estimate of drug-likeness (QED) is 0.927. The summed E-state index contributed by atoms with van der Waals surface area (Å²) in [7, 11) is 0. The van der Waals surface area contributed by atoms with Crippen molar-refractivity contribution in [1.82, 2.24) is 4.90 Å². The molecule has 22 heavy (non-hydrogen) atoms. The average Bonchev–Trinajstić information content (AvgIpc) is 3.27. The highest BCUT2D eigenvalue weighted by atomic mass is 35.5. The van der Waals surface area contributed by atoms with Gasteiger partial charge in [-0.05, 0) is 44.2 Å². The maximum absolute atomic E-state index is 14.0. The van der Waals surface area contributed by atoms with Gasteiger partial charge in [0.15, 0.2) is 0 Å². The van der Waals surface area contributed by atoms with Crippen LogP contribution >= 0.6 is 11.6 Å². The van der Waals surface area contributed by atoms with Gasteiger partial charge >= 0.3 is 0 Å². The first-order valence-corrected chi connectivity index (χ1v) is 8.26. The minimum absolute atomic E-state index is 0.0787. The maximum atomic E-state index is 14.0. The number of carbonyl (C=O) groups is 1. The van der Waals surface area contributed by atoms with Crippen LogP contribution in [0.2, 0.25) is 5.02 Å². The van der Waals surface area contributed by atoms with E-state index in [0.29, 0.717) is 23.6 Å². The molecule has 4 atom stereocenters. The van der Waals surface area contributed by atoms with Crippen molar-refractivity contribution in [2.75, 3.05) is 13.2 Å². The van der Waals surface area contributed by atoms with Gasteiger partial charge in [-0.15, -0.1) is 0 Å². The number of benzene rings is 1. The van der Waals surface area contributed by atoms with Crippen molar-refractivity contribution in [2.24, 2.45) is 11.8 Å². The molecular weight excluding hydrogens is 305 g/mol. The summed E-state index contributed by atoms with van der Waals surface area (Å²) in [6, 6.07) is 4.84. The van der Waals surface area contributed by atoms with Crippen molar-refractivity contribution in [3.63, 3.8) is 0 Å². The molecule has 1 N–H and O–H groups in total. The lowest BCUT2D eigenvalue weighted by atomic mass is 9.93. The van der Waals surface area contributed by atoms with Crippen molar-refractivity contribution in [3.8, 4) is 0 Å². The van der Waals surface area contributed by atoms with Crippen molar-refractivity contribution < 1.29 is 14.3 Å². The zero-order valence-electron chi connectivity index (χ0n) is 12.6. The normalized spacial score (nSPS) is 31.2. The van der Waals surface area contributed by atoms with Crippen LogP contribution in [0.25, 0.3) is 0 Å². The van der Waals surface area contributed by atoms with Crippen LogP contribution in [0.15, 0.2) is 18.2 Å². The molecular formula is C17H21ClFNO2. The molecule has 0 radical (unpaired) electrons. The van der Waals surface area contributed by atoms with Gasteiger partial charge in [0.05, 0.1) is 0 Å². The Balaban J connectivity index is 1.72. The molecule has 0 bridgehead atoms. The van der Waals surface area contributed by atoms with Crippen LogP contribution in [0.4, 0.5) is 4.39 Å². The van der Waals surface area contributed by atoms with E-state index in [2.05, 4.69) is 0 Å². The van der Waals surface area contributed by atoms with Gasteiger partial charge in [-0.2, -0.15) is 0 Å². The smallest absolute Gasteiger partial charge is 0.226 e. The third kappa shape index (κ3) is 2.86. The van der Waals surface area contributed by atoms with E-state index in [1.54, 1.807) is 12.1 Å². The Morgan fingerprint density at radius 2 is 2.23 bits per heavy atom. The van der Waals surface area contributed by atoms with Gasteiger partial charge in [0.25, 0.3) is 0 Å². The van der Waals surface area contributed by atoms with Crippen molar-refractivity contribution in [2.45, 2.75) is 38.1 Å². The zero-order valence-corrected chi connectivity index (χ0v) is 13.4. The number of hydrogen-bond donors (Lipinski definition) is 1. The number of aliphatic hydroxyl groups is 1. The molecule has 0 aromatic heterocycles. The number of halogens is 2. The van der Waals surface area contributed by atoms with Crippen LogP contribution in [0.1, 0.15) is 37.7 Å². The Hall–Kier alpha value is -1.13. The second-order valence-electron chi connectivity index (χ2n) is 6.55. The van der Waals surface area contributed by atoms with Gasteiger partial charge in [-0.3, -0.25) is 4.79 Å². The van der Waals surface area contributed by atoms with Crippen molar-refractivity contribution >= 4 is 17.5 Å². The monoisotopic (exact) mass is 325 g/mol.